The number of carbonyl (C=O) groups excluding carboxylic acids is 7. The highest BCUT2D eigenvalue weighted by molar-refractivity contribution is 7.99. The molecule has 0 spiro atoms. The summed E-state index contributed by atoms with van der Waals surface area (Å²) < 4.78 is 38.4. The second-order valence-corrected chi connectivity index (χ2v) is 22.0. The molecule has 0 radical (unpaired) electrons. The lowest BCUT2D eigenvalue weighted by molar-refractivity contribution is -0.231. The topological polar surface area (TPSA) is 371 Å². The van der Waals surface area contributed by atoms with Crippen molar-refractivity contribution in [3.63, 3.8) is 0 Å². The summed E-state index contributed by atoms with van der Waals surface area (Å²) in [6.45, 7) is 8.28. The summed E-state index contributed by atoms with van der Waals surface area (Å²) in [5.74, 6) is -2.46. The first-order valence-corrected chi connectivity index (χ1v) is 29.6. The van der Waals surface area contributed by atoms with E-state index in [0.29, 0.717) is 82.3 Å². The molecule has 10 rings (SSSR count). The molecule has 2 aliphatic rings. The van der Waals surface area contributed by atoms with E-state index in [1.807, 2.05) is 24.3 Å². The molecule has 87 heavy (non-hydrogen) atoms. The zero-order chi connectivity index (χ0) is 63.0. The first kappa shape index (κ1) is 64.7. The predicted octanol–water partition coefficient (Wildman–Crippen LogP) is 4.44. The Morgan fingerprint density at radius 2 is 1.00 bits per heavy atom. The Morgan fingerprint density at radius 1 is 0.598 bits per heavy atom. The number of aromatic amines is 2. The summed E-state index contributed by atoms with van der Waals surface area (Å²) >= 11 is 1.54. The van der Waals surface area contributed by atoms with Gasteiger partial charge < -0.3 is 49.0 Å². The fourth-order valence-corrected chi connectivity index (χ4v) is 10.7. The van der Waals surface area contributed by atoms with Crippen LogP contribution in [0.3, 0.4) is 0 Å². The lowest BCUT2D eigenvalue weighted by Crippen LogP contribution is -2.52. The number of hydrogen-bond acceptors (Lipinski definition) is 21. The normalized spacial score (nSPS) is 13.0. The number of Topliss-reactive ketones (excluding diaryl/α,β-unsaturated/α-hetero) is 2. The molecule has 2 saturated heterocycles. The van der Waals surface area contributed by atoms with Crippen LogP contribution in [-0.4, -0.2) is 213 Å². The Hall–Kier alpha value is -9.88. The van der Waals surface area contributed by atoms with E-state index in [2.05, 4.69) is 51.9 Å². The molecule has 0 unspecified atom stereocenters. The monoisotopic (exact) mass is 1230 g/mol. The van der Waals surface area contributed by atoms with E-state index in [1.165, 1.54) is 64.5 Å². The molecule has 0 aliphatic carbocycles. The second-order valence-electron chi connectivity index (χ2n) is 19.0. The van der Waals surface area contributed by atoms with E-state index < -0.39 is 45.2 Å². The fraction of sp³-hybridized carbons (Fsp3) is 0.321. The first-order valence-electron chi connectivity index (χ1n) is 26.9. The number of fused-ring (bicyclic) bond motifs is 2. The average Bonchev–Trinajstić information content (AvgIpc) is 1.95. The van der Waals surface area contributed by atoms with Crippen molar-refractivity contribution in [2.45, 2.75) is 50.8 Å². The molecule has 31 heteroatoms. The Labute approximate surface area is 501 Å². The third kappa shape index (κ3) is 15.5. The molecule has 458 valence electrons. The smallest absolute Gasteiger partial charge is 0.339 e. The largest absolute Gasteiger partial charge is 0.494 e. The highest BCUT2D eigenvalue weighted by atomic mass is 32.2. The average molecular weight is 1240 g/mol. The number of nitrogens with one attached hydrogen (secondary N) is 2. The number of amides is 4. The second kappa shape index (κ2) is 29.8. The third-order valence-corrected chi connectivity index (χ3v) is 15.8. The number of benzene rings is 2. The quantitative estimate of drug-likeness (QED) is 0.0341. The number of pyridine rings is 2. The number of carboxylic acids is 1. The van der Waals surface area contributed by atoms with Gasteiger partial charge in [-0.15, -0.1) is 10.2 Å². The maximum absolute atomic E-state index is 13.4. The number of hydrogen-bond donors (Lipinski definition) is 4. The minimum atomic E-state index is -3.66. The zero-order valence-corrected chi connectivity index (χ0v) is 49.7. The lowest BCUT2D eigenvalue weighted by atomic mass is 10.1. The number of aromatic nitrogens is 10. The summed E-state index contributed by atoms with van der Waals surface area (Å²) in [7, 11) is -0.762. The maximum Gasteiger partial charge on any atom is 0.339 e. The summed E-state index contributed by atoms with van der Waals surface area (Å²) in [5, 5.41) is 24.3. The van der Waals surface area contributed by atoms with Crippen molar-refractivity contribution in [1.82, 2.24) is 69.1 Å². The van der Waals surface area contributed by atoms with Gasteiger partial charge in [-0.3, -0.25) is 33.6 Å². The fourth-order valence-electron chi connectivity index (χ4n) is 8.96. The van der Waals surface area contributed by atoms with Crippen LogP contribution < -0.4 is 9.47 Å². The number of H-pyrrole nitrogens is 2. The van der Waals surface area contributed by atoms with Crippen LogP contribution in [0, 0.1) is 0 Å². The number of ether oxygens (including phenoxy) is 2. The van der Waals surface area contributed by atoms with Crippen molar-refractivity contribution in [1.29, 1.82) is 0 Å². The van der Waals surface area contributed by atoms with E-state index in [0.717, 1.165) is 26.0 Å². The molecule has 4 amide bonds. The molecule has 0 bridgehead atoms. The van der Waals surface area contributed by atoms with Crippen LogP contribution in [0.5, 0.6) is 11.5 Å². The van der Waals surface area contributed by atoms with Gasteiger partial charge in [-0.2, -0.15) is 14.6 Å². The molecular weight excluding hydrogens is 1170 g/mol. The third-order valence-electron chi connectivity index (χ3n) is 13.1. The predicted molar refractivity (Wildman–Crippen MR) is 313 cm³/mol. The van der Waals surface area contributed by atoms with Gasteiger partial charge in [0.1, 0.15) is 24.2 Å². The van der Waals surface area contributed by atoms with E-state index >= 15 is 0 Å². The Balaban J connectivity index is 0.000000218. The molecule has 8 aromatic rings. The number of aliphatic carboxylic acids is 1. The molecule has 4 N–H and O–H groups in total. The van der Waals surface area contributed by atoms with Crippen LogP contribution in [0.2, 0.25) is 0 Å². The van der Waals surface area contributed by atoms with E-state index in [-0.39, 0.29) is 71.6 Å². The van der Waals surface area contributed by atoms with Crippen molar-refractivity contribution >= 4 is 90.5 Å². The lowest BCUT2D eigenvalue weighted by Gasteiger charge is -2.34. The van der Waals surface area contributed by atoms with Crippen molar-refractivity contribution in [2.24, 2.45) is 0 Å². The first-order chi connectivity index (χ1) is 41.8. The van der Waals surface area contributed by atoms with Crippen molar-refractivity contribution < 1.29 is 71.5 Å². The Bertz CT molecular complexity index is 3890. The van der Waals surface area contributed by atoms with Crippen LogP contribution >= 0.6 is 11.8 Å². The van der Waals surface area contributed by atoms with Gasteiger partial charge in [0.15, 0.2) is 11.6 Å². The van der Waals surface area contributed by atoms with Gasteiger partial charge in [0.05, 0.1) is 65.3 Å². The van der Waals surface area contributed by atoms with Crippen LogP contribution in [0.15, 0.2) is 108 Å². The Kier molecular flexibility index (Phi) is 22.1. The molecule has 29 nitrogen and oxygen atoms in total. The van der Waals surface area contributed by atoms with E-state index in [9.17, 15) is 42.0 Å². The number of sulfone groups is 1. The number of methoxy groups -OCH3 is 2. The van der Waals surface area contributed by atoms with E-state index in [4.69, 9.17) is 24.6 Å². The summed E-state index contributed by atoms with van der Waals surface area (Å²) in [6.07, 6.45) is 9.95. The minimum Gasteiger partial charge on any atom is -0.494 e. The van der Waals surface area contributed by atoms with Crippen LogP contribution in [0.4, 0.5) is 0 Å². The number of nitrogens with zero attached hydrogens (tertiary/aromatic N) is 12. The van der Waals surface area contributed by atoms with Gasteiger partial charge in [-0.05, 0) is 37.1 Å². The number of carbonyl (C=O) groups is 8. The number of thioether (sulfide) groups is 1. The zero-order valence-electron chi connectivity index (χ0n) is 48.1. The van der Waals surface area contributed by atoms with Crippen molar-refractivity contribution in [3.8, 4) is 23.1 Å². The molecule has 2 aromatic carbocycles. The molecule has 2 aliphatic heterocycles. The van der Waals surface area contributed by atoms with Gasteiger partial charge >= 0.3 is 5.97 Å². The SMILES string of the molecule is CC(=O)O.CC(=O)OO.CCCS(=O)(=O)c1ncn(-c2ncc(OC)c3c(C(=O)C(=O)N4CCN(C(=O)c5ccccc5)CC4)c[nH]c23)n1.CCCSc1ncn(-c2ncc(OC)c3c(C(=O)C(=O)N4CCN(C(=O)c5ccccc5)CC4)c[nH]c23)n1. The van der Waals surface area contributed by atoms with Gasteiger partial charge in [0.2, 0.25) is 15.0 Å². The molecule has 8 heterocycles. The van der Waals surface area contributed by atoms with Gasteiger partial charge in [-0.25, -0.2) is 33.1 Å². The number of ketones is 2. The minimum absolute atomic E-state index is 0.0715. The van der Waals surface area contributed by atoms with Crippen molar-refractivity contribution in [2.75, 3.05) is 78.1 Å². The van der Waals surface area contributed by atoms with Gasteiger partial charge in [-0.1, -0.05) is 62.0 Å². The molecule has 2 fully saturated rings. The van der Waals surface area contributed by atoms with Gasteiger partial charge in [0, 0.05) is 95.5 Å². The molecule has 0 atom stereocenters. The van der Waals surface area contributed by atoms with Crippen molar-refractivity contribution in [3.05, 3.63) is 120 Å². The highest BCUT2D eigenvalue weighted by Crippen LogP contribution is 2.34. The summed E-state index contributed by atoms with van der Waals surface area (Å²) in [6, 6.07) is 17.9. The number of carboxylic acid groups (broad SMARTS) is 1. The summed E-state index contributed by atoms with van der Waals surface area (Å²) in [4.78, 5) is 129. The number of rotatable bonds is 16. The highest BCUT2D eigenvalue weighted by Gasteiger charge is 2.34. The molecule has 0 saturated carbocycles. The molecular formula is C56H62N14O15S2. The standard InChI is InChI=1S/C26H27N7O6S.C26H27N7O4S.C2H4O3.C2H4O2/c1-3-13-40(37,38)26-29-16-33(30-26)23-21-20(19(39-2)15-28-23)18(14-27-21)22(34)25(36)32-11-9-31(10-12-32)24(35)17-7-5-4-6-8-17;1-3-13-38-26-29-16-33(30-26)23-21-20(19(37-2)15-28-23)18(14-27-21)22(34)25(36)32-11-9-31(10-12-32)24(35)17-7-5-4-6-8-17;1-2(3)5-4;1-2(3)4/h4-8,14-16,27H,3,9-13H2,1-2H3;4-8,14-16,27H,3,9-13H2,1-2H3;4H,1H3;1H3,(H,3,4). The maximum atomic E-state index is 13.4. The Morgan fingerprint density at radius 3 is 1.39 bits per heavy atom. The summed E-state index contributed by atoms with van der Waals surface area (Å²) in [5.41, 5.74) is 2.25. The van der Waals surface area contributed by atoms with Crippen LogP contribution in [0.1, 0.15) is 82.0 Å². The van der Waals surface area contributed by atoms with Crippen LogP contribution in [-0.2, 0) is 33.9 Å². The van der Waals surface area contributed by atoms with Crippen LogP contribution in [0.25, 0.3) is 33.4 Å². The number of piperazine rings is 2. The van der Waals surface area contributed by atoms with E-state index in [1.54, 1.807) is 71.2 Å². The van der Waals surface area contributed by atoms with Gasteiger partial charge in [0.25, 0.3) is 46.3 Å². The molecule has 6 aromatic heterocycles.